The van der Waals surface area contributed by atoms with Crippen LogP contribution in [0.4, 0.5) is 5.95 Å². The topological polar surface area (TPSA) is 53.6 Å². The highest BCUT2D eigenvalue weighted by molar-refractivity contribution is 7.09. The molecule has 0 fully saturated rings. The van der Waals surface area contributed by atoms with Crippen LogP contribution in [0.25, 0.3) is 0 Å². The van der Waals surface area contributed by atoms with Gasteiger partial charge >= 0.3 is 0 Å². The van der Waals surface area contributed by atoms with Crippen LogP contribution in [0.2, 0.25) is 5.15 Å². The largest absolute Gasteiger partial charge is 0.351 e. The maximum atomic E-state index is 8.97. The molecule has 0 unspecified atom stereocenters. The van der Waals surface area contributed by atoms with Gasteiger partial charge in [0.2, 0.25) is 5.95 Å². The predicted octanol–water partition coefficient (Wildman–Crippen LogP) is 3.10. The zero-order valence-corrected chi connectivity index (χ0v) is 10.8. The molecule has 0 bridgehead atoms. The third-order valence-electron chi connectivity index (χ3n) is 2.35. The Kier molecular flexibility index (Phi) is 3.67. The summed E-state index contributed by atoms with van der Waals surface area (Å²) in [6.45, 7) is 3.31. The summed E-state index contributed by atoms with van der Waals surface area (Å²) in [4.78, 5) is 5.36. The molecule has 6 heteroatoms. The fourth-order valence-electron chi connectivity index (χ4n) is 1.55. The van der Waals surface area contributed by atoms with Crippen LogP contribution in [-0.2, 0) is 13.1 Å². The summed E-state index contributed by atoms with van der Waals surface area (Å²) in [5, 5.41) is 14.4. The maximum Gasteiger partial charge on any atom is 0.205 e. The number of nitrogens with zero attached hydrogens (tertiary/aromatic N) is 3. The molecule has 0 saturated carbocycles. The van der Waals surface area contributed by atoms with Gasteiger partial charge in [-0.15, -0.1) is 11.3 Å². The van der Waals surface area contributed by atoms with Crippen molar-refractivity contribution in [2.75, 3.05) is 5.32 Å². The summed E-state index contributed by atoms with van der Waals surface area (Å²) in [6, 6.07) is 6.11. The number of imidazole rings is 1. The second-order valence-electron chi connectivity index (χ2n) is 3.36. The molecule has 2 aromatic heterocycles. The SMILES string of the molecule is CCn1c(NCc2cccs2)nc(Cl)c1C#N. The predicted molar refractivity (Wildman–Crippen MR) is 69.3 cm³/mol. The van der Waals surface area contributed by atoms with E-state index >= 15 is 0 Å². The third-order valence-corrected chi connectivity index (χ3v) is 3.49. The van der Waals surface area contributed by atoms with Gasteiger partial charge in [-0.1, -0.05) is 17.7 Å². The Hall–Kier alpha value is -1.51. The van der Waals surface area contributed by atoms with Gasteiger partial charge in [-0.25, -0.2) is 0 Å². The van der Waals surface area contributed by atoms with E-state index in [2.05, 4.69) is 16.4 Å². The van der Waals surface area contributed by atoms with Crippen LogP contribution >= 0.6 is 22.9 Å². The number of aromatic nitrogens is 2. The second kappa shape index (κ2) is 5.21. The Morgan fingerprint density at radius 3 is 3.06 bits per heavy atom. The van der Waals surface area contributed by atoms with E-state index in [1.807, 2.05) is 24.4 Å². The van der Waals surface area contributed by atoms with E-state index in [0.717, 1.165) is 0 Å². The standard InChI is InChI=1S/C11H11ClN4S/c1-2-16-9(6-13)10(12)15-11(16)14-7-8-4-3-5-17-8/h3-5H,2,7H2,1H3,(H,14,15). The highest BCUT2D eigenvalue weighted by Gasteiger charge is 2.13. The molecular formula is C11H11ClN4S. The minimum absolute atomic E-state index is 0.253. The van der Waals surface area contributed by atoms with Crippen molar-refractivity contribution in [3.63, 3.8) is 0 Å². The van der Waals surface area contributed by atoms with Crippen LogP contribution in [0.3, 0.4) is 0 Å². The minimum Gasteiger partial charge on any atom is -0.351 e. The minimum atomic E-state index is 0.253. The quantitative estimate of drug-likeness (QED) is 0.925. The van der Waals surface area contributed by atoms with E-state index in [1.54, 1.807) is 15.9 Å². The molecule has 88 valence electrons. The number of nitriles is 1. The van der Waals surface area contributed by atoms with Gasteiger partial charge in [0.05, 0.1) is 6.54 Å². The average molecular weight is 267 g/mol. The van der Waals surface area contributed by atoms with E-state index < -0.39 is 0 Å². The number of hydrogen-bond acceptors (Lipinski definition) is 4. The molecule has 2 heterocycles. The van der Waals surface area contributed by atoms with Gasteiger partial charge < -0.3 is 9.88 Å². The number of halogens is 1. The lowest BCUT2D eigenvalue weighted by molar-refractivity contribution is 0.754. The lowest BCUT2D eigenvalue weighted by atomic mass is 10.4. The van der Waals surface area contributed by atoms with Gasteiger partial charge in [-0.05, 0) is 18.4 Å². The van der Waals surface area contributed by atoms with Crippen LogP contribution in [-0.4, -0.2) is 9.55 Å². The molecule has 4 nitrogen and oxygen atoms in total. The summed E-state index contributed by atoms with van der Waals surface area (Å²) < 4.78 is 1.77. The third kappa shape index (κ3) is 2.43. The zero-order chi connectivity index (χ0) is 12.3. The zero-order valence-electron chi connectivity index (χ0n) is 9.27. The molecule has 0 aliphatic carbocycles. The summed E-state index contributed by atoms with van der Waals surface area (Å²) in [5.74, 6) is 0.641. The fourth-order valence-corrected chi connectivity index (χ4v) is 2.42. The van der Waals surface area contributed by atoms with Gasteiger partial charge in [-0.2, -0.15) is 10.2 Å². The van der Waals surface area contributed by atoms with Crippen molar-refractivity contribution in [3.05, 3.63) is 33.2 Å². The highest BCUT2D eigenvalue weighted by atomic mass is 35.5. The first kappa shape index (κ1) is 12.0. The summed E-state index contributed by atoms with van der Waals surface area (Å²) >= 11 is 7.57. The van der Waals surface area contributed by atoms with Gasteiger partial charge in [-0.3, -0.25) is 0 Å². The van der Waals surface area contributed by atoms with Gasteiger partial charge in [0.15, 0.2) is 10.8 Å². The molecule has 17 heavy (non-hydrogen) atoms. The van der Waals surface area contributed by atoms with Crippen molar-refractivity contribution in [3.8, 4) is 6.07 Å². The molecular weight excluding hydrogens is 256 g/mol. The van der Waals surface area contributed by atoms with E-state index in [0.29, 0.717) is 24.7 Å². The number of hydrogen-bond donors (Lipinski definition) is 1. The summed E-state index contributed by atoms with van der Waals surface area (Å²) in [5.41, 5.74) is 0.405. The van der Waals surface area contributed by atoms with Crippen LogP contribution in [0.5, 0.6) is 0 Å². The Labute approximate surface area is 108 Å². The number of anilines is 1. The summed E-state index contributed by atoms with van der Waals surface area (Å²) in [6.07, 6.45) is 0. The average Bonchev–Trinajstić information content (AvgIpc) is 2.93. The number of thiophene rings is 1. The molecule has 0 saturated heterocycles. The van der Waals surface area contributed by atoms with Crippen LogP contribution < -0.4 is 5.32 Å². The van der Waals surface area contributed by atoms with E-state index in [9.17, 15) is 0 Å². The van der Waals surface area contributed by atoms with Gasteiger partial charge in [0.25, 0.3) is 0 Å². The lowest BCUT2D eigenvalue weighted by Gasteiger charge is -2.06. The second-order valence-corrected chi connectivity index (χ2v) is 4.75. The Balaban J connectivity index is 2.19. The van der Waals surface area contributed by atoms with Crippen molar-refractivity contribution >= 4 is 28.9 Å². The number of rotatable bonds is 4. The lowest BCUT2D eigenvalue weighted by Crippen LogP contribution is -2.07. The molecule has 2 aromatic rings. The molecule has 0 aliphatic rings. The normalized spacial score (nSPS) is 10.2. The maximum absolute atomic E-state index is 8.97. The van der Waals surface area contributed by atoms with Crippen LogP contribution in [0, 0.1) is 11.3 Å². The van der Waals surface area contributed by atoms with Gasteiger partial charge in [0.1, 0.15) is 6.07 Å². The van der Waals surface area contributed by atoms with Crippen molar-refractivity contribution < 1.29 is 0 Å². The monoisotopic (exact) mass is 266 g/mol. The molecule has 0 amide bonds. The fraction of sp³-hybridized carbons (Fsp3) is 0.273. The smallest absolute Gasteiger partial charge is 0.205 e. The molecule has 2 rings (SSSR count). The van der Waals surface area contributed by atoms with E-state index in [4.69, 9.17) is 16.9 Å². The first-order chi connectivity index (χ1) is 8.26. The number of nitrogens with one attached hydrogen (secondary N) is 1. The molecule has 1 N–H and O–H groups in total. The van der Waals surface area contributed by atoms with Gasteiger partial charge in [0, 0.05) is 11.4 Å². The molecule has 0 aromatic carbocycles. The van der Waals surface area contributed by atoms with E-state index in [1.165, 1.54) is 4.88 Å². The van der Waals surface area contributed by atoms with Crippen molar-refractivity contribution in [2.45, 2.75) is 20.0 Å². The van der Waals surface area contributed by atoms with Crippen LogP contribution in [0.15, 0.2) is 17.5 Å². The first-order valence-corrected chi connectivity index (χ1v) is 6.44. The summed E-state index contributed by atoms with van der Waals surface area (Å²) in [7, 11) is 0. The van der Waals surface area contributed by atoms with Crippen molar-refractivity contribution in [1.82, 2.24) is 9.55 Å². The van der Waals surface area contributed by atoms with Crippen LogP contribution in [0.1, 0.15) is 17.5 Å². The molecule has 0 radical (unpaired) electrons. The molecule has 0 spiro atoms. The Bertz CT molecular complexity index is 539. The Morgan fingerprint density at radius 2 is 2.47 bits per heavy atom. The molecule has 0 aliphatic heterocycles. The van der Waals surface area contributed by atoms with Crippen molar-refractivity contribution in [1.29, 1.82) is 5.26 Å². The van der Waals surface area contributed by atoms with E-state index in [-0.39, 0.29) is 5.15 Å². The molecule has 0 atom stereocenters. The Morgan fingerprint density at radius 1 is 1.65 bits per heavy atom. The highest BCUT2D eigenvalue weighted by Crippen LogP contribution is 2.21. The van der Waals surface area contributed by atoms with Crippen molar-refractivity contribution in [2.24, 2.45) is 0 Å². The first-order valence-electron chi connectivity index (χ1n) is 5.18.